The number of amides is 1. The lowest BCUT2D eigenvalue weighted by molar-refractivity contribution is -0.385. The van der Waals surface area contributed by atoms with E-state index in [2.05, 4.69) is 5.32 Å². The molecule has 1 aliphatic rings. The maximum atomic E-state index is 11.9. The van der Waals surface area contributed by atoms with E-state index in [9.17, 15) is 19.7 Å². The number of rotatable bonds is 7. The summed E-state index contributed by atoms with van der Waals surface area (Å²) in [6, 6.07) is 4.78. The van der Waals surface area contributed by atoms with Gasteiger partial charge in [0.1, 0.15) is 18.8 Å². The number of ether oxygens (including phenoxy) is 3. The van der Waals surface area contributed by atoms with Crippen LogP contribution < -0.4 is 15.0 Å². The number of piperidine rings is 1. The van der Waals surface area contributed by atoms with Gasteiger partial charge in [0.25, 0.3) is 0 Å². The molecule has 1 N–H and O–H groups in total. The van der Waals surface area contributed by atoms with Crippen LogP contribution in [0.1, 0.15) is 40.5 Å². The van der Waals surface area contributed by atoms with Crippen LogP contribution in [0.4, 0.5) is 16.2 Å². The van der Waals surface area contributed by atoms with Crippen molar-refractivity contribution < 1.29 is 28.7 Å². The average molecular weight is 423 g/mol. The van der Waals surface area contributed by atoms with E-state index in [1.54, 1.807) is 12.1 Å². The Kier molecular flexibility index (Phi) is 7.85. The van der Waals surface area contributed by atoms with Crippen LogP contribution in [0.15, 0.2) is 18.2 Å². The first-order valence-corrected chi connectivity index (χ1v) is 9.84. The van der Waals surface area contributed by atoms with Crippen LogP contribution in [0.25, 0.3) is 0 Å². The lowest BCUT2D eigenvalue weighted by atomic mass is 10.0. The molecule has 0 spiro atoms. The molecule has 2 rings (SSSR count). The third kappa shape index (κ3) is 7.41. The highest BCUT2D eigenvalue weighted by Crippen LogP contribution is 2.32. The first-order chi connectivity index (χ1) is 14.0. The molecule has 0 bridgehead atoms. The van der Waals surface area contributed by atoms with Crippen molar-refractivity contribution in [1.82, 2.24) is 5.32 Å². The minimum Gasteiger partial charge on any atom is -0.483 e. The molecule has 1 heterocycles. The largest absolute Gasteiger partial charge is 0.483 e. The zero-order valence-corrected chi connectivity index (χ0v) is 17.8. The van der Waals surface area contributed by atoms with E-state index < -0.39 is 22.6 Å². The molecular weight excluding hydrogens is 394 g/mol. The van der Waals surface area contributed by atoms with Gasteiger partial charge in [0, 0.05) is 37.8 Å². The van der Waals surface area contributed by atoms with Gasteiger partial charge < -0.3 is 24.4 Å². The number of nitrogens with zero attached hydrogens (tertiary/aromatic N) is 2. The molecule has 0 aromatic heterocycles. The van der Waals surface area contributed by atoms with Crippen molar-refractivity contribution in [2.24, 2.45) is 0 Å². The SMILES string of the molecule is CC(=O)OCCOc1ccc(N2CCC(NC(=O)OC(C)(C)C)CC2)cc1[N+](=O)[O-]. The van der Waals surface area contributed by atoms with E-state index in [0.717, 1.165) is 0 Å². The fourth-order valence-electron chi connectivity index (χ4n) is 3.06. The van der Waals surface area contributed by atoms with Gasteiger partial charge in [0.15, 0.2) is 5.75 Å². The number of alkyl carbamates (subject to hydrolysis) is 1. The predicted octanol–water partition coefficient (Wildman–Crippen LogP) is 3.03. The monoisotopic (exact) mass is 423 g/mol. The van der Waals surface area contributed by atoms with Gasteiger partial charge in [-0.25, -0.2) is 4.79 Å². The van der Waals surface area contributed by atoms with E-state index in [0.29, 0.717) is 31.6 Å². The molecule has 10 heteroatoms. The summed E-state index contributed by atoms with van der Waals surface area (Å²) in [5.41, 5.74) is 0.0141. The zero-order chi connectivity index (χ0) is 22.3. The summed E-state index contributed by atoms with van der Waals surface area (Å²) < 4.78 is 15.4. The molecule has 1 fully saturated rings. The second-order valence-corrected chi connectivity index (χ2v) is 8.01. The number of benzene rings is 1. The van der Waals surface area contributed by atoms with Gasteiger partial charge in [-0.05, 0) is 45.7 Å². The molecule has 1 aliphatic heterocycles. The molecule has 0 radical (unpaired) electrons. The van der Waals surface area contributed by atoms with E-state index >= 15 is 0 Å². The number of carbonyl (C=O) groups is 2. The van der Waals surface area contributed by atoms with E-state index in [1.165, 1.54) is 13.0 Å². The molecule has 0 atom stereocenters. The van der Waals surface area contributed by atoms with E-state index in [-0.39, 0.29) is 30.7 Å². The Hall–Kier alpha value is -3.04. The number of esters is 1. The standard InChI is InChI=1S/C20H29N3O7/c1-14(24)28-11-12-29-18-6-5-16(13-17(18)23(26)27)22-9-7-15(8-10-22)21-19(25)30-20(2,3)4/h5-6,13,15H,7-12H2,1-4H3,(H,21,25). The number of anilines is 1. The van der Waals surface area contributed by atoms with Crippen molar-refractivity contribution in [2.75, 3.05) is 31.2 Å². The smallest absolute Gasteiger partial charge is 0.407 e. The minimum absolute atomic E-state index is 0.00466. The second-order valence-electron chi connectivity index (χ2n) is 8.01. The molecule has 1 aromatic rings. The fourth-order valence-corrected chi connectivity index (χ4v) is 3.06. The second kappa shape index (κ2) is 10.1. The zero-order valence-electron chi connectivity index (χ0n) is 17.8. The van der Waals surface area contributed by atoms with Gasteiger partial charge in [-0.1, -0.05) is 0 Å². The molecular formula is C20H29N3O7. The Bertz CT molecular complexity index is 768. The molecule has 166 valence electrons. The molecule has 0 saturated carbocycles. The van der Waals surface area contributed by atoms with Gasteiger partial charge in [-0.2, -0.15) is 0 Å². The van der Waals surface area contributed by atoms with Crippen LogP contribution in [0.2, 0.25) is 0 Å². The summed E-state index contributed by atoms with van der Waals surface area (Å²) >= 11 is 0. The lowest BCUT2D eigenvalue weighted by Crippen LogP contribution is -2.46. The summed E-state index contributed by atoms with van der Waals surface area (Å²) in [7, 11) is 0. The van der Waals surface area contributed by atoms with Gasteiger partial charge >= 0.3 is 17.7 Å². The summed E-state index contributed by atoms with van der Waals surface area (Å²) in [5.74, 6) is -0.314. The van der Waals surface area contributed by atoms with Gasteiger partial charge in [-0.3, -0.25) is 14.9 Å². The van der Waals surface area contributed by atoms with Crippen molar-refractivity contribution in [3.63, 3.8) is 0 Å². The summed E-state index contributed by atoms with van der Waals surface area (Å²) in [6.45, 7) is 8.05. The first kappa shape index (κ1) is 23.2. The third-order valence-electron chi connectivity index (χ3n) is 4.37. The number of hydrogen-bond donors (Lipinski definition) is 1. The Morgan fingerprint density at radius 1 is 1.23 bits per heavy atom. The fraction of sp³-hybridized carbons (Fsp3) is 0.600. The lowest BCUT2D eigenvalue weighted by Gasteiger charge is -2.34. The highest BCUT2D eigenvalue weighted by Gasteiger charge is 2.25. The first-order valence-electron chi connectivity index (χ1n) is 9.84. The number of carbonyl (C=O) groups excluding carboxylic acids is 2. The van der Waals surface area contributed by atoms with Crippen molar-refractivity contribution in [3.8, 4) is 5.75 Å². The highest BCUT2D eigenvalue weighted by atomic mass is 16.6. The maximum absolute atomic E-state index is 11.9. The molecule has 10 nitrogen and oxygen atoms in total. The number of hydrogen-bond acceptors (Lipinski definition) is 8. The molecule has 0 unspecified atom stereocenters. The molecule has 0 aliphatic carbocycles. The predicted molar refractivity (Wildman–Crippen MR) is 110 cm³/mol. The topological polar surface area (TPSA) is 120 Å². The Morgan fingerprint density at radius 2 is 1.90 bits per heavy atom. The number of nitrogens with one attached hydrogen (secondary N) is 1. The quantitative estimate of drug-likeness (QED) is 0.307. The van der Waals surface area contributed by atoms with Crippen molar-refractivity contribution in [3.05, 3.63) is 28.3 Å². The third-order valence-corrected chi connectivity index (χ3v) is 4.37. The summed E-state index contributed by atoms with van der Waals surface area (Å²) in [4.78, 5) is 35.7. The number of nitro groups is 1. The molecule has 1 aromatic carbocycles. The minimum atomic E-state index is -0.550. The number of nitro benzene ring substituents is 1. The molecule has 1 amide bonds. The summed E-state index contributed by atoms with van der Waals surface area (Å²) in [6.07, 6.45) is 0.966. The van der Waals surface area contributed by atoms with Crippen LogP contribution in [0, 0.1) is 10.1 Å². The van der Waals surface area contributed by atoms with Crippen molar-refractivity contribution in [2.45, 2.75) is 52.2 Å². The molecule has 1 saturated heterocycles. The van der Waals surface area contributed by atoms with E-state index in [4.69, 9.17) is 14.2 Å². The normalized spacial score (nSPS) is 14.7. The Balaban J connectivity index is 1.93. The Morgan fingerprint density at radius 3 is 2.47 bits per heavy atom. The van der Waals surface area contributed by atoms with Crippen LogP contribution in [0.3, 0.4) is 0 Å². The summed E-state index contributed by atoms with van der Waals surface area (Å²) in [5, 5.41) is 14.3. The average Bonchev–Trinajstić information content (AvgIpc) is 2.64. The highest BCUT2D eigenvalue weighted by molar-refractivity contribution is 5.68. The van der Waals surface area contributed by atoms with E-state index in [1.807, 2.05) is 25.7 Å². The van der Waals surface area contributed by atoms with Crippen molar-refractivity contribution >= 4 is 23.4 Å². The van der Waals surface area contributed by atoms with Crippen LogP contribution >= 0.6 is 0 Å². The van der Waals surface area contributed by atoms with Gasteiger partial charge in [0.2, 0.25) is 0 Å². The van der Waals surface area contributed by atoms with Crippen molar-refractivity contribution in [1.29, 1.82) is 0 Å². The van der Waals surface area contributed by atoms with Crippen LogP contribution in [-0.4, -0.2) is 54.9 Å². The van der Waals surface area contributed by atoms with Gasteiger partial charge in [0.05, 0.1) is 4.92 Å². The van der Waals surface area contributed by atoms with Gasteiger partial charge in [-0.15, -0.1) is 0 Å². The van der Waals surface area contributed by atoms with Crippen LogP contribution in [-0.2, 0) is 14.3 Å². The molecule has 30 heavy (non-hydrogen) atoms. The Labute approximate surface area is 175 Å². The van der Waals surface area contributed by atoms with Crippen LogP contribution in [0.5, 0.6) is 5.75 Å². The maximum Gasteiger partial charge on any atom is 0.407 e.